The van der Waals surface area contributed by atoms with Gasteiger partial charge in [-0.25, -0.2) is 14.6 Å². The van der Waals surface area contributed by atoms with Crippen LogP contribution in [0.5, 0.6) is 0 Å². The second kappa shape index (κ2) is 7.41. The van der Waals surface area contributed by atoms with E-state index in [1.165, 1.54) is 6.33 Å². The number of carbonyl (C=O) groups excluding carboxylic acids is 1. The summed E-state index contributed by atoms with van der Waals surface area (Å²) in [5, 5.41) is 8.11. The fourth-order valence-corrected chi connectivity index (χ4v) is 3.65. The third-order valence-corrected chi connectivity index (χ3v) is 5.28. The molecule has 144 valence electrons. The van der Waals surface area contributed by atoms with Crippen LogP contribution in [0.2, 0.25) is 10.0 Å². The van der Waals surface area contributed by atoms with Crippen LogP contribution >= 0.6 is 23.2 Å². The van der Waals surface area contributed by atoms with Gasteiger partial charge in [0.25, 0.3) is 0 Å². The van der Waals surface area contributed by atoms with Crippen molar-refractivity contribution in [2.24, 2.45) is 5.92 Å². The van der Waals surface area contributed by atoms with Gasteiger partial charge in [0, 0.05) is 24.8 Å². The van der Waals surface area contributed by atoms with Gasteiger partial charge in [0.2, 0.25) is 5.91 Å². The van der Waals surface area contributed by atoms with Crippen molar-refractivity contribution >= 4 is 40.6 Å². The van der Waals surface area contributed by atoms with Gasteiger partial charge in [-0.1, -0.05) is 29.3 Å². The molecule has 1 saturated heterocycles. The minimum atomic E-state index is -0.167. The van der Waals surface area contributed by atoms with Crippen LogP contribution in [-0.4, -0.2) is 38.7 Å². The molecule has 1 aliphatic heterocycles. The number of aryl methyl sites for hydroxylation is 2. The Kier molecular flexibility index (Phi) is 4.95. The number of hydrogen-bond donors (Lipinski definition) is 1. The number of aromatic nitrogens is 4. The Morgan fingerprint density at radius 3 is 2.43 bits per heavy atom. The topological polar surface area (TPSA) is 75.9 Å². The summed E-state index contributed by atoms with van der Waals surface area (Å²) in [7, 11) is 0. The molecule has 0 atom stereocenters. The Hall–Kier alpha value is -2.64. The van der Waals surface area contributed by atoms with E-state index in [4.69, 9.17) is 23.2 Å². The number of para-hydroxylation sites is 1. The summed E-state index contributed by atoms with van der Waals surface area (Å²) in [4.78, 5) is 23.2. The van der Waals surface area contributed by atoms with E-state index in [1.807, 2.05) is 30.9 Å². The maximum atomic E-state index is 12.5. The third-order valence-electron chi connectivity index (χ3n) is 4.65. The van der Waals surface area contributed by atoms with Crippen molar-refractivity contribution in [1.29, 1.82) is 0 Å². The summed E-state index contributed by atoms with van der Waals surface area (Å²) in [6.07, 6.45) is 1.51. The molecule has 1 aliphatic rings. The number of nitrogens with one attached hydrogen (secondary N) is 1. The summed E-state index contributed by atoms with van der Waals surface area (Å²) in [6.45, 7) is 5.03. The zero-order valence-electron chi connectivity index (χ0n) is 15.4. The number of carbonyl (C=O) groups is 1. The molecule has 1 aromatic carbocycles. The lowest BCUT2D eigenvalue weighted by Gasteiger charge is -2.39. The first kappa shape index (κ1) is 18.7. The van der Waals surface area contributed by atoms with Crippen molar-refractivity contribution in [2.45, 2.75) is 13.8 Å². The highest BCUT2D eigenvalue weighted by atomic mass is 35.5. The van der Waals surface area contributed by atoms with Crippen LogP contribution in [0, 0.1) is 19.8 Å². The van der Waals surface area contributed by atoms with E-state index >= 15 is 0 Å². The smallest absolute Gasteiger partial charge is 0.231 e. The molecule has 7 nitrogen and oxygen atoms in total. The number of nitrogens with zero attached hydrogens (tertiary/aromatic N) is 5. The first-order valence-corrected chi connectivity index (χ1v) is 9.53. The second-order valence-electron chi connectivity index (χ2n) is 6.76. The Labute approximate surface area is 172 Å². The van der Waals surface area contributed by atoms with Crippen LogP contribution in [0.4, 0.5) is 11.5 Å². The van der Waals surface area contributed by atoms with Gasteiger partial charge < -0.3 is 10.2 Å². The maximum Gasteiger partial charge on any atom is 0.231 e. The van der Waals surface area contributed by atoms with Crippen molar-refractivity contribution in [2.75, 3.05) is 23.3 Å². The molecular weight excluding hydrogens is 399 g/mol. The van der Waals surface area contributed by atoms with Gasteiger partial charge in [-0.3, -0.25) is 4.79 Å². The maximum absolute atomic E-state index is 12.5. The van der Waals surface area contributed by atoms with Gasteiger partial charge >= 0.3 is 0 Å². The lowest BCUT2D eigenvalue weighted by atomic mass is 9.99. The molecule has 1 N–H and O–H groups in total. The first-order chi connectivity index (χ1) is 13.4. The lowest BCUT2D eigenvalue weighted by Crippen LogP contribution is -2.52. The highest BCUT2D eigenvalue weighted by Gasteiger charge is 2.34. The predicted octanol–water partition coefficient (Wildman–Crippen LogP) is 3.66. The van der Waals surface area contributed by atoms with Crippen molar-refractivity contribution in [3.63, 3.8) is 0 Å². The minimum Gasteiger partial charge on any atom is -0.355 e. The van der Waals surface area contributed by atoms with E-state index in [-0.39, 0.29) is 11.8 Å². The number of halogens is 2. The van der Waals surface area contributed by atoms with Crippen LogP contribution in [0.3, 0.4) is 0 Å². The molecule has 0 bridgehead atoms. The number of rotatable bonds is 4. The van der Waals surface area contributed by atoms with Crippen LogP contribution in [0.15, 0.2) is 36.7 Å². The largest absolute Gasteiger partial charge is 0.355 e. The molecule has 3 aromatic rings. The molecule has 0 aliphatic carbocycles. The molecule has 4 rings (SSSR count). The monoisotopic (exact) mass is 416 g/mol. The van der Waals surface area contributed by atoms with Crippen LogP contribution in [-0.2, 0) is 4.79 Å². The molecule has 0 unspecified atom stereocenters. The molecule has 0 saturated carbocycles. The molecule has 0 spiro atoms. The van der Waals surface area contributed by atoms with E-state index in [0.717, 1.165) is 17.2 Å². The summed E-state index contributed by atoms with van der Waals surface area (Å²) in [6, 6.07) is 8.99. The van der Waals surface area contributed by atoms with E-state index < -0.39 is 0 Å². The van der Waals surface area contributed by atoms with Gasteiger partial charge in [0.15, 0.2) is 5.82 Å². The SMILES string of the molecule is Cc1cc(C)n(-c2cc(N3CC(C(=O)Nc4c(Cl)cccc4Cl)C3)ncn2)n1. The average molecular weight is 417 g/mol. The summed E-state index contributed by atoms with van der Waals surface area (Å²) in [5.41, 5.74) is 2.37. The van der Waals surface area contributed by atoms with Crippen molar-refractivity contribution < 1.29 is 4.79 Å². The van der Waals surface area contributed by atoms with Crippen LogP contribution in [0.25, 0.3) is 5.82 Å². The van der Waals surface area contributed by atoms with E-state index in [1.54, 1.807) is 22.9 Å². The highest BCUT2D eigenvalue weighted by molar-refractivity contribution is 6.39. The van der Waals surface area contributed by atoms with Crippen molar-refractivity contribution in [3.05, 3.63) is 58.1 Å². The Balaban J connectivity index is 1.43. The van der Waals surface area contributed by atoms with E-state index in [9.17, 15) is 4.79 Å². The van der Waals surface area contributed by atoms with Gasteiger partial charge in [0.05, 0.1) is 27.3 Å². The summed E-state index contributed by atoms with van der Waals surface area (Å²) >= 11 is 12.2. The summed E-state index contributed by atoms with van der Waals surface area (Å²) in [5.74, 6) is 1.18. The zero-order valence-corrected chi connectivity index (χ0v) is 16.9. The van der Waals surface area contributed by atoms with Crippen LogP contribution in [0.1, 0.15) is 11.4 Å². The van der Waals surface area contributed by atoms with Crippen LogP contribution < -0.4 is 10.2 Å². The Morgan fingerprint density at radius 2 is 1.79 bits per heavy atom. The standard InChI is InChI=1S/C19H18Cl2N6O/c1-11-6-12(2)27(25-11)17-7-16(22-10-23-17)26-8-13(9-26)19(28)24-18-14(20)4-3-5-15(18)21/h3-7,10,13H,8-9H2,1-2H3,(H,24,28). The lowest BCUT2D eigenvalue weighted by molar-refractivity contribution is -0.120. The molecule has 1 fully saturated rings. The molecule has 3 heterocycles. The summed E-state index contributed by atoms with van der Waals surface area (Å²) < 4.78 is 1.78. The zero-order chi connectivity index (χ0) is 19.8. The van der Waals surface area contributed by atoms with Gasteiger partial charge in [-0.05, 0) is 32.0 Å². The molecule has 2 aromatic heterocycles. The fraction of sp³-hybridized carbons (Fsp3) is 0.263. The van der Waals surface area contributed by atoms with Crippen molar-refractivity contribution in [1.82, 2.24) is 19.7 Å². The van der Waals surface area contributed by atoms with Gasteiger partial charge in [0.1, 0.15) is 12.1 Å². The molecule has 0 radical (unpaired) electrons. The average Bonchev–Trinajstić information content (AvgIpc) is 2.96. The third kappa shape index (κ3) is 3.55. The normalized spacial score (nSPS) is 14.1. The second-order valence-corrected chi connectivity index (χ2v) is 7.58. The number of amides is 1. The molecule has 1 amide bonds. The van der Waals surface area contributed by atoms with E-state index in [2.05, 4.69) is 20.4 Å². The number of benzene rings is 1. The predicted molar refractivity (Wildman–Crippen MR) is 109 cm³/mol. The minimum absolute atomic E-state index is 0.112. The van der Waals surface area contributed by atoms with E-state index in [0.29, 0.717) is 34.6 Å². The quantitative estimate of drug-likeness (QED) is 0.701. The molecular formula is C19H18Cl2N6O. The van der Waals surface area contributed by atoms with Gasteiger partial charge in [-0.2, -0.15) is 5.10 Å². The molecule has 9 heteroatoms. The first-order valence-electron chi connectivity index (χ1n) is 8.78. The number of hydrogen-bond acceptors (Lipinski definition) is 5. The Bertz CT molecular complexity index is 1020. The molecule has 28 heavy (non-hydrogen) atoms. The fourth-order valence-electron chi connectivity index (χ4n) is 3.16. The number of anilines is 2. The van der Waals surface area contributed by atoms with Crippen molar-refractivity contribution in [3.8, 4) is 5.82 Å². The highest BCUT2D eigenvalue weighted by Crippen LogP contribution is 2.31. The Morgan fingerprint density at radius 1 is 1.11 bits per heavy atom. The van der Waals surface area contributed by atoms with Gasteiger partial charge in [-0.15, -0.1) is 0 Å².